The average Bonchev–Trinajstić information content (AvgIpc) is 3.23. The van der Waals surface area contributed by atoms with Crippen LogP contribution in [0, 0.1) is 28.6 Å². The maximum Gasteiger partial charge on any atom is 0.328 e. The van der Waals surface area contributed by atoms with Gasteiger partial charge >= 0.3 is 5.97 Å². The molecule has 0 aromatic heterocycles. The van der Waals surface area contributed by atoms with Crippen LogP contribution in [0.3, 0.4) is 0 Å². The van der Waals surface area contributed by atoms with Gasteiger partial charge in [-0.05, 0) is 118 Å². The normalized spacial score (nSPS) is 40.2. The topological polar surface area (TPSA) is 176 Å². The summed E-state index contributed by atoms with van der Waals surface area (Å²) in [6.45, 7) is 8.80. The minimum atomic E-state index is -1.77. The van der Waals surface area contributed by atoms with Gasteiger partial charge in [0.15, 0.2) is 5.78 Å². The molecule has 10 atom stereocenters. The van der Waals surface area contributed by atoms with Crippen LogP contribution in [0.2, 0.25) is 0 Å². The van der Waals surface area contributed by atoms with Gasteiger partial charge in [-0.1, -0.05) is 38.1 Å². The molecule has 1 aromatic rings. The van der Waals surface area contributed by atoms with Crippen LogP contribution in [0.4, 0.5) is 0 Å². The van der Waals surface area contributed by atoms with Crippen molar-refractivity contribution in [1.29, 1.82) is 0 Å². The van der Waals surface area contributed by atoms with E-state index in [9.17, 15) is 45.3 Å². The van der Waals surface area contributed by atoms with Gasteiger partial charge in [0.1, 0.15) is 5.60 Å². The van der Waals surface area contributed by atoms with E-state index in [1.165, 1.54) is 6.08 Å². The number of ketones is 1. The molecule has 9 heteroatoms. The molecule has 1 aromatic carbocycles. The van der Waals surface area contributed by atoms with Crippen LogP contribution < -0.4 is 0 Å². The molecule has 0 bridgehead atoms. The van der Waals surface area contributed by atoms with E-state index in [-0.39, 0.29) is 31.0 Å². The highest BCUT2D eigenvalue weighted by atomic mass is 16.4. The van der Waals surface area contributed by atoms with Crippen molar-refractivity contribution in [3.05, 3.63) is 53.1 Å². The molecule has 0 radical (unpaired) electrons. The fraction of sp³-hybridized carbons (Fsp3) is 0.667. The first-order valence-electron chi connectivity index (χ1n) is 16.2. The van der Waals surface area contributed by atoms with Gasteiger partial charge in [-0.3, -0.25) is 4.79 Å². The van der Waals surface area contributed by atoms with E-state index in [2.05, 4.69) is 0 Å². The fourth-order valence-electron chi connectivity index (χ4n) is 9.89. The van der Waals surface area contributed by atoms with Gasteiger partial charge in [0.25, 0.3) is 0 Å². The van der Waals surface area contributed by atoms with Crippen LogP contribution in [0.25, 0.3) is 6.08 Å². The second-order valence-corrected chi connectivity index (χ2v) is 15.7. The number of carboxylic acids is 1. The minimum absolute atomic E-state index is 0.0174. The minimum Gasteiger partial charge on any atom is -0.478 e. The van der Waals surface area contributed by atoms with Gasteiger partial charge in [0, 0.05) is 17.4 Å². The van der Waals surface area contributed by atoms with E-state index in [1.54, 1.807) is 51.1 Å². The highest BCUT2D eigenvalue weighted by Gasteiger charge is 2.70. The van der Waals surface area contributed by atoms with Crippen LogP contribution in [0.5, 0.6) is 0 Å². The van der Waals surface area contributed by atoms with E-state index in [0.29, 0.717) is 48.8 Å². The molecule has 4 aliphatic carbocycles. The van der Waals surface area contributed by atoms with E-state index in [4.69, 9.17) is 0 Å². The Bertz CT molecular complexity index is 1410. The Labute approximate surface area is 265 Å². The lowest BCUT2D eigenvalue weighted by Crippen LogP contribution is -2.64. The molecule has 9 nitrogen and oxygen atoms in total. The van der Waals surface area contributed by atoms with Crippen molar-refractivity contribution in [3.8, 4) is 0 Å². The number of hydrogen-bond acceptors (Lipinski definition) is 8. The maximum atomic E-state index is 13.9. The molecule has 45 heavy (non-hydrogen) atoms. The molecule has 0 heterocycles. The second-order valence-electron chi connectivity index (χ2n) is 15.7. The summed E-state index contributed by atoms with van der Waals surface area (Å²) in [5.74, 6) is -2.70. The first-order chi connectivity index (χ1) is 20.7. The number of fused-ring (bicyclic) bond motifs is 5. The monoisotopic (exact) mass is 626 g/mol. The molecule has 248 valence electrons. The Morgan fingerprint density at radius 2 is 1.73 bits per heavy atom. The van der Waals surface area contributed by atoms with Crippen molar-refractivity contribution in [2.75, 3.05) is 0 Å². The number of hydrogen-bond donors (Lipinski definition) is 7. The summed E-state index contributed by atoms with van der Waals surface area (Å²) >= 11 is 0. The molecule has 3 fully saturated rings. The lowest BCUT2D eigenvalue weighted by Gasteiger charge is -2.62. The van der Waals surface area contributed by atoms with E-state index in [1.807, 2.05) is 13.8 Å². The summed E-state index contributed by atoms with van der Waals surface area (Å²) in [6, 6.07) is 6.80. The first kappa shape index (κ1) is 33.9. The SMILES string of the molecule is CC(C)(O)CC[C@@H](O)[C@](C)(O)[C@H]1CC[C@@]2(O)C3=CC(=O)[C@H]4C[C@@H](O)[C@](O)(c5ccccc5C=CC(=O)O)C[C@]4(C)[C@H]3CC[C@]12C. The summed E-state index contributed by atoms with van der Waals surface area (Å²) in [7, 11) is 0. The summed E-state index contributed by atoms with van der Waals surface area (Å²) in [5, 5.41) is 78.6. The largest absolute Gasteiger partial charge is 0.478 e. The zero-order chi connectivity index (χ0) is 33.4. The average molecular weight is 627 g/mol. The van der Waals surface area contributed by atoms with Gasteiger partial charge < -0.3 is 35.7 Å². The molecule has 0 aliphatic heterocycles. The number of carbonyl (C=O) groups excluding carboxylic acids is 1. The van der Waals surface area contributed by atoms with Crippen LogP contribution in [0.1, 0.15) is 97.1 Å². The predicted octanol–water partition coefficient (Wildman–Crippen LogP) is 3.48. The zero-order valence-corrected chi connectivity index (χ0v) is 27.0. The molecule has 4 aliphatic rings. The standard InChI is InChI=1S/C36H50O9/c1-31(2,42)15-14-28(38)34(5,43)27-13-17-36(45)24-18-26(37)25-19-29(39)35(44,20-32(25,3)23(24)12-16-33(27,36)4)22-9-7-6-8-21(22)10-11-30(40)41/h6-11,18,23,25,27-29,38-39,42-45H,12-17,19-20H2,1-5H3,(H,40,41)/t23-,25+,27-,28+,29+,32+,33+,34+,35+,36+/m0/s1. The number of aliphatic hydroxyl groups excluding tert-OH is 2. The van der Waals surface area contributed by atoms with E-state index < -0.39 is 63.2 Å². The van der Waals surface area contributed by atoms with Crippen LogP contribution in [0.15, 0.2) is 42.0 Å². The van der Waals surface area contributed by atoms with Crippen molar-refractivity contribution in [2.45, 2.75) is 121 Å². The van der Waals surface area contributed by atoms with Crippen molar-refractivity contribution in [1.82, 2.24) is 0 Å². The summed E-state index contributed by atoms with van der Waals surface area (Å²) in [4.78, 5) is 25.1. The van der Waals surface area contributed by atoms with Crippen LogP contribution in [-0.4, -0.2) is 76.5 Å². The smallest absolute Gasteiger partial charge is 0.328 e. The van der Waals surface area contributed by atoms with Gasteiger partial charge in [-0.25, -0.2) is 4.79 Å². The first-order valence-corrected chi connectivity index (χ1v) is 16.2. The fourth-order valence-corrected chi connectivity index (χ4v) is 9.89. The number of carbonyl (C=O) groups is 2. The Kier molecular flexibility index (Phi) is 8.37. The molecule has 0 saturated heterocycles. The third kappa shape index (κ3) is 5.33. The van der Waals surface area contributed by atoms with Crippen molar-refractivity contribution in [2.24, 2.45) is 28.6 Å². The molecule has 0 spiro atoms. The molecule has 7 N–H and O–H groups in total. The van der Waals surface area contributed by atoms with Crippen LogP contribution in [-0.2, 0) is 15.2 Å². The highest BCUT2D eigenvalue weighted by Crippen LogP contribution is 2.69. The highest BCUT2D eigenvalue weighted by molar-refractivity contribution is 5.95. The summed E-state index contributed by atoms with van der Waals surface area (Å²) < 4.78 is 0. The van der Waals surface area contributed by atoms with Crippen molar-refractivity contribution in [3.63, 3.8) is 0 Å². The maximum absolute atomic E-state index is 13.9. The lowest BCUT2D eigenvalue weighted by atomic mass is 9.44. The number of allylic oxidation sites excluding steroid dienone is 1. The number of aliphatic carboxylic acids is 1. The molecule has 5 rings (SSSR count). The third-order valence-corrected chi connectivity index (χ3v) is 12.5. The molecule has 0 unspecified atom stereocenters. The zero-order valence-electron chi connectivity index (χ0n) is 27.0. The number of carboxylic acid groups (broad SMARTS) is 1. The number of benzene rings is 1. The molecule has 3 saturated carbocycles. The summed E-state index contributed by atoms with van der Waals surface area (Å²) in [6.07, 6.45) is 3.88. The predicted molar refractivity (Wildman–Crippen MR) is 168 cm³/mol. The quantitative estimate of drug-likeness (QED) is 0.213. The second kappa shape index (κ2) is 11.1. The molecular weight excluding hydrogens is 576 g/mol. The van der Waals surface area contributed by atoms with Crippen molar-refractivity contribution < 1.29 is 45.3 Å². The van der Waals surface area contributed by atoms with Crippen LogP contribution >= 0.6 is 0 Å². The third-order valence-electron chi connectivity index (χ3n) is 12.5. The van der Waals surface area contributed by atoms with Gasteiger partial charge in [0.2, 0.25) is 0 Å². The van der Waals surface area contributed by atoms with E-state index in [0.717, 1.165) is 6.08 Å². The Hall–Kier alpha value is -2.40. The Balaban J connectivity index is 1.51. The Morgan fingerprint density at radius 1 is 1.07 bits per heavy atom. The number of aliphatic hydroxyl groups is 6. The van der Waals surface area contributed by atoms with E-state index >= 15 is 0 Å². The lowest BCUT2D eigenvalue weighted by molar-refractivity contribution is -0.194. The van der Waals surface area contributed by atoms with Gasteiger partial charge in [-0.15, -0.1) is 0 Å². The van der Waals surface area contributed by atoms with Gasteiger partial charge in [0.05, 0.1) is 29.0 Å². The molecule has 0 amide bonds. The number of rotatable bonds is 8. The Morgan fingerprint density at radius 3 is 2.38 bits per heavy atom. The molecular formula is C36H50O9. The summed E-state index contributed by atoms with van der Waals surface area (Å²) in [5.41, 5.74) is -6.00. The van der Waals surface area contributed by atoms with Crippen molar-refractivity contribution >= 4 is 17.8 Å². The van der Waals surface area contributed by atoms with Gasteiger partial charge in [-0.2, -0.15) is 0 Å².